The highest BCUT2D eigenvalue weighted by Gasteiger charge is 2.27. The second kappa shape index (κ2) is 7.22. The van der Waals surface area contributed by atoms with Crippen molar-refractivity contribution in [2.45, 2.75) is 4.90 Å². The molecule has 0 aliphatic rings. The molecule has 0 amide bonds. The van der Waals surface area contributed by atoms with Crippen molar-refractivity contribution in [3.8, 4) is 11.5 Å². The first kappa shape index (κ1) is 17.6. The van der Waals surface area contributed by atoms with Crippen molar-refractivity contribution in [2.24, 2.45) is 0 Å². The normalized spacial score (nSPS) is 10.9. The molecule has 8 heteroatoms. The van der Waals surface area contributed by atoms with Gasteiger partial charge in [-0.15, -0.1) is 0 Å². The smallest absolute Gasteiger partial charge is 0.264 e. The summed E-state index contributed by atoms with van der Waals surface area (Å²) >= 11 is 0. The maximum absolute atomic E-state index is 12.8. The first-order valence-corrected chi connectivity index (χ1v) is 8.34. The molecule has 0 aromatic heterocycles. The van der Waals surface area contributed by atoms with Crippen LogP contribution in [0.3, 0.4) is 0 Å². The number of sulfonamides is 1. The lowest BCUT2D eigenvalue weighted by atomic mass is 10.2. The highest BCUT2D eigenvalue weighted by molar-refractivity contribution is 7.92. The van der Waals surface area contributed by atoms with Gasteiger partial charge in [-0.25, -0.2) is 8.42 Å². The van der Waals surface area contributed by atoms with Crippen LogP contribution in [0.5, 0.6) is 11.5 Å². The lowest BCUT2D eigenvalue weighted by Crippen LogP contribution is -2.41. The van der Waals surface area contributed by atoms with Crippen molar-refractivity contribution in [1.29, 1.82) is 0 Å². The monoisotopic (exact) mass is 350 g/mol. The van der Waals surface area contributed by atoms with E-state index in [4.69, 9.17) is 9.47 Å². The molecule has 2 aromatic rings. The standard InChI is InChI=1S/C16H17NO6S/c1-22-12-8-9-14(15(10-12)23-2)17(11-16(18)19)24(20,21)13-6-4-3-5-7-13/h3-10H,11H2,1-2H3,(H,18,19)/p-1. The quantitative estimate of drug-likeness (QED) is 0.727. The summed E-state index contributed by atoms with van der Waals surface area (Å²) in [6.07, 6.45) is 0. The fourth-order valence-electron chi connectivity index (χ4n) is 2.13. The van der Waals surface area contributed by atoms with Gasteiger partial charge in [0.25, 0.3) is 10.0 Å². The molecule has 7 nitrogen and oxygen atoms in total. The number of benzene rings is 2. The number of hydrogen-bond acceptors (Lipinski definition) is 6. The zero-order valence-electron chi connectivity index (χ0n) is 13.1. The number of anilines is 1. The number of carboxylic acid groups (broad SMARTS) is 1. The van der Waals surface area contributed by atoms with E-state index in [0.29, 0.717) is 5.75 Å². The molecule has 0 N–H and O–H groups in total. The lowest BCUT2D eigenvalue weighted by molar-refractivity contribution is -0.303. The third-order valence-corrected chi connectivity index (χ3v) is 5.03. The number of methoxy groups -OCH3 is 2. The van der Waals surface area contributed by atoms with Gasteiger partial charge in [0.05, 0.1) is 37.3 Å². The maximum Gasteiger partial charge on any atom is 0.264 e. The Morgan fingerprint density at radius 1 is 1.08 bits per heavy atom. The van der Waals surface area contributed by atoms with E-state index in [-0.39, 0.29) is 16.3 Å². The van der Waals surface area contributed by atoms with E-state index in [1.165, 1.54) is 44.6 Å². The van der Waals surface area contributed by atoms with E-state index >= 15 is 0 Å². The Labute approximate surface area is 140 Å². The van der Waals surface area contributed by atoms with Crippen LogP contribution in [-0.2, 0) is 14.8 Å². The van der Waals surface area contributed by atoms with Gasteiger partial charge >= 0.3 is 0 Å². The fraction of sp³-hybridized carbons (Fsp3) is 0.188. The van der Waals surface area contributed by atoms with Crippen LogP contribution in [0, 0.1) is 0 Å². The molecule has 0 bridgehead atoms. The Morgan fingerprint density at radius 3 is 2.29 bits per heavy atom. The van der Waals surface area contributed by atoms with Crippen LogP contribution in [0.15, 0.2) is 53.4 Å². The van der Waals surface area contributed by atoms with Crippen molar-refractivity contribution in [2.75, 3.05) is 25.1 Å². The number of rotatable bonds is 7. The van der Waals surface area contributed by atoms with Gasteiger partial charge in [0.1, 0.15) is 11.5 Å². The molecule has 0 radical (unpaired) electrons. The molecular weight excluding hydrogens is 334 g/mol. The minimum atomic E-state index is -4.11. The Kier molecular flexibility index (Phi) is 5.30. The number of nitrogens with zero attached hydrogens (tertiary/aromatic N) is 1. The van der Waals surface area contributed by atoms with Gasteiger partial charge in [-0.2, -0.15) is 0 Å². The molecule has 0 aliphatic heterocycles. The largest absolute Gasteiger partial charge is 0.548 e. The molecule has 0 spiro atoms. The summed E-state index contributed by atoms with van der Waals surface area (Å²) < 4.78 is 36.7. The molecule has 0 saturated heterocycles. The van der Waals surface area contributed by atoms with Crippen molar-refractivity contribution in [1.82, 2.24) is 0 Å². The van der Waals surface area contributed by atoms with Crippen molar-refractivity contribution < 1.29 is 27.8 Å². The predicted octanol–water partition coefficient (Wildman–Crippen LogP) is 0.649. The molecule has 0 fully saturated rings. The van der Waals surface area contributed by atoms with Gasteiger partial charge in [-0.3, -0.25) is 4.31 Å². The van der Waals surface area contributed by atoms with Gasteiger partial charge in [0.2, 0.25) is 0 Å². The summed E-state index contributed by atoms with van der Waals surface area (Å²) in [5, 5.41) is 11.1. The second-order valence-electron chi connectivity index (χ2n) is 4.73. The van der Waals surface area contributed by atoms with Crippen molar-refractivity contribution in [3.05, 3.63) is 48.5 Å². The number of hydrogen-bond donors (Lipinski definition) is 0. The van der Waals surface area contributed by atoms with E-state index in [2.05, 4.69) is 0 Å². The predicted molar refractivity (Wildman–Crippen MR) is 85.5 cm³/mol. The van der Waals surface area contributed by atoms with Gasteiger partial charge in [0, 0.05) is 6.07 Å². The molecule has 0 unspecified atom stereocenters. The van der Waals surface area contributed by atoms with E-state index in [1.54, 1.807) is 18.2 Å². The minimum Gasteiger partial charge on any atom is -0.548 e. The number of carboxylic acids is 1. The van der Waals surface area contributed by atoms with Crippen LogP contribution in [0.1, 0.15) is 0 Å². The van der Waals surface area contributed by atoms with Gasteiger partial charge in [0.15, 0.2) is 0 Å². The zero-order valence-corrected chi connectivity index (χ0v) is 13.9. The number of carbonyl (C=O) groups is 1. The molecule has 0 saturated carbocycles. The van der Waals surface area contributed by atoms with Gasteiger partial charge in [-0.1, -0.05) is 18.2 Å². The fourth-order valence-corrected chi connectivity index (χ4v) is 3.57. The zero-order chi connectivity index (χ0) is 17.7. The van der Waals surface area contributed by atoms with Crippen LogP contribution < -0.4 is 18.9 Å². The van der Waals surface area contributed by atoms with Crippen LogP contribution >= 0.6 is 0 Å². The van der Waals surface area contributed by atoms with E-state index in [9.17, 15) is 18.3 Å². The van der Waals surface area contributed by atoms with Gasteiger partial charge in [-0.05, 0) is 24.3 Å². The molecule has 2 aromatic carbocycles. The number of carbonyl (C=O) groups excluding carboxylic acids is 1. The maximum atomic E-state index is 12.8. The number of ether oxygens (including phenoxy) is 2. The Balaban J connectivity index is 2.60. The first-order chi connectivity index (χ1) is 11.4. The summed E-state index contributed by atoms with van der Waals surface area (Å²) in [5.41, 5.74) is 0.0753. The Morgan fingerprint density at radius 2 is 1.75 bits per heavy atom. The topological polar surface area (TPSA) is 96.0 Å². The SMILES string of the molecule is COc1ccc(N(CC(=O)[O-])S(=O)(=O)c2ccccc2)c(OC)c1. The minimum absolute atomic E-state index is 0.0379. The van der Waals surface area contributed by atoms with E-state index < -0.39 is 22.5 Å². The highest BCUT2D eigenvalue weighted by atomic mass is 32.2. The van der Waals surface area contributed by atoms with Crippen LogP contribution in [0.25, 0.3) is 0 Å². The van der Waals surface area contributed by atoms with E-state index in [0.717, 1.165) is 4.31 Å². The molecule has 0 heterocycles. The van der Waals surface area contributed by atoms with E-state index in [1.807, 2.05) is 0 Å². The molecule has 128 valence electrons. The summed E-state index contributed by atoms with van der Waals surface area (Å²) in [6.45, 7) is -0.847. The summed E-state index contributed by atoms with van der Waals surface area (Å²) in [7, 11) is -1.31. The van der Waals surface area contributed by atoms with Crippen molar-refractivity contribution in [3.63, 3.8) is 0 Å². The average Bonchev–Trinajstić information content (AvgIpc) is 2.59. The molecule has 24 heavy (non-hydrogen) atoms. The summed E-state index contributed by atoms with van der Waals surface area (Å²) in [5.74, 6) is -0.927. The lowest BCUT2D eigenvalue weighted by Gasteiger charge is -2.26. The second-order valence-corrected chi connectivity index (χ2v) is 6.60. The summed E-state index contributed by atoms with van der Waals surface area (Å²) in [4.78, 5) is 11.1. The molecule has 2 rings (SSSR count). The third-order valence-electron chi connectivity index (χ3n) is 3.26. The molecule has 0 atom stereocenters. The Bertz CT molecular complexity index is 820. The van der Waals surface area contributed by atoms with Crippen molar-refractivity contribution >= 4 is 21.7 Å². The van der Waals surface area contributed by atoms with Gasteiger partial charge < -0.3 is 19.4 Å². The molecular formula is C16H16NO6S-. The average molecular weight is 350 g/mol. The highest BCUT2D eigenvalue weighted by Crippen LogP contribution is 2.35. The summed E-state index contributed by atoms with van der Waals surface area (Å²) in [6, 6.07) is 11.9. The number of aliphatic carboxylic acids is 1. The van der Waals surface area contributed by atoms with Crippen LogP contribution in [0.2, 0.25) is 0 Å². The van der Waals surface area contributed by atoms with Crippen LogP contribution in [0.4, 0.5) is 5.69 Å². The Hall–Kier alpha value is -2.74. The molecule has 0 aliphatic carbocycles. The van der Waals surface area contributed by atoms with Crippen LogP contribution in [-0.4, -0.2) is 35.2 Å². The third kappa shape index (κ3) is 3.60. The first-order valence-electron chi connectivity index (χ1n) is 6.90.